The van der Waals surface area contributed by atoms with E-state index in [1.165, 1.54) is 0 Å². The molecule has 2 atom stereocenters. The monoisotopic (exact) mass is 294 g/mol. The summed E-state index contributed by atoms with van der Waals surface area (Å²) in [6.07, 6.45) is 0.880. The van der Waals surface area contributed by atoms with Crippen LogP contribution in [0.25, 0.3) is 0 Å². The summed E-state index contributed by atoms with van der Waals surface area (Å²) in [5.74, 6) is 1.40. The molecule has 0 heterocycles. The Morgan fingerprint density at radius 3 is 2.62 bits per heavy atom. The van der Waals surface area contributed by atoms with Crippen molar-refractivity contribution in [2.45, 2.75) is 39.8 Å². The Labute approximate surface area is 126 Å². The third-order valence-corrected chi connectivity index (χ3v) is 3.55. The molecule has 2 unspecified atom stereocenters. The topological polar surface area (TPSA) is 73.6 Å². The van der Waals surface area contributed by atoms with Crippen LogP contribution in [0.15, 0.2) is 18.2 Å². The highest BCUT2D eigenvalue weighted by Crippen LogP contribution is 2.27. The van der Waals surface area contributed by atoms with Gasteiger partial charge in [-0.25, -0.2) is 0 Å². The van der Waals surface area contributed by atoms with Crippen molar-refractivity contribution in [1.29, 1.82) is 0 Å². The summed E-state index contributed by atoms with van der Waals surface area (Å²) in [7, 11) is 1.60. The number of methoxy groups -OCH3 is 1. The molecule has 0 aliphatic rings. The lowest BCUT2D eigenvalue weighted by Crippen LogP contribution is -2.44. The fourth-order valence-electron chi connectivity index (χ4n) is 1.92. The lowest BCUT2D eigenvalue weighted by molar-refractivity contribution is -0.123. The standard InChI is InChI=1S/C16H26N2O3/c1-5-11(3)15(17)16(19)18-10-12-7-8-13(21-6-2)14(9-12)20-4/h7-9,11,15H,5-6,10,17H2,1-4H3,(H,18,19). The molecule has 0 aromatic heterocycles. The third kappa shape index (κ3) is 4.93. The molecule has 0 saturated carbocycles. The zero-order valence-electron chi connectivity index (χ0n) is 13.3. The molecule has 1 aromatic rings. The van der Waals surface area contributed by atoms with E-state index in [1.807, 2.05) is 39.0 Å². The van der Waals surface area contributed by atoms with Crippen LogP contribution in [0.2, 0.25) is 0 Å². The van der Waals surface area contributed by atoms with E-state index in [2.05, 4.69) is 5.32 Å². The van der Waals surface area contributed by atoms with Crippen LogP contribution in [0, 0.1) is 5.92 Å². The van der Waals surface area contributed by atoms with Gasteiger partial charge in [-0.05, 0) is 30.5 Å². The Kier molecular flexibility index (Phi) is 7.02. The van der Waals surface area contributed by atoms with Crippen LogP contribution in [0.1, 0.15) is 32.8 Å². The molecule has 0 saturated heterocycles. The van der Waals surface area contributed by atoms with Gasteiger partial charge in [0.05, 0.1) is 19.8 Å². The van der Waals surface area contributed by atoms with Gasteiger partial charge in [-0.2, -0.15) is 0 Å². The van der Waals surface area contributed by atoms with Crippen molar-refractivity contribution < 1.29 is 14.3 Å². The Bertz CT molecular complexity index is 463. The van der Waals surface area contributed by atoms with Crippen LogP contribution in [0.3, 0.4) is 0 Å². The largest absolute Gasteiger partial charge is 0.493 e. The first-order valence-corrected chi connectivity index (χ1v) is 7.36. The average molecular weight is 294 g/mol. The SMILES string of the molecule is CCOc1ccc(CNC(=O)C(N)C(C)CC)cc1OC. The predicted octanol–water partition coefficient (Wildman–Crippen LogP) is 2.08. The van der Waals surface area contributed by atoms with Gasteiger partial charge in [0.25, 0.3) is 0 Å². The van der Waals surface area contributed by atoms with Gasteiger partial charge in [0.15, 0.2) is 11.5 Å². The number of rotatable bonds is 8. The molecule has 5 heteroatoms. The van der Waals surface area contributed by atoms with E-state index in [9.17, 15) is 4.79 Å². The van der Waals surface area contributed by atoms with Gasteiger partial charge in [0.1, 0.15) is 0 Å². The number of carbonyl (C=O) groups is 1. The number of hydrogen-bond donors (Lipinski definition) is 2. The smallest absolute Gasteiger partial charge is 0.237 e. The second kappa shape index (κ2) is 8.52. The van der Waals surface area contributed by atoms with Gasteiger partial charge in [-0.3, -0.25) is 4.79 Å². The quantitative estimate of drug-likeness (QED) is 0.770. The molecule has 0 aliphatic carbocycles. The number of nitrogens with two attached hydrogens (primary N) is 1. The van der Waals surface area contributed by atoms with Gasteiger partial charge < -0.3 is 20.5 Å². The van der Waals surface area contributed by atoms with Crippen LogP contribution in [0.4, 0.5) is 0 Å². The maximum Gasteiger partial charge on any atom is 0.237 e. The van der Waals surface area contributed by atoms with Crippen LogP contribution in [-0.4, -0.2) is 25.7 Å². The second-order valence-electron chi connectivity index (χ2n) is 5.05. The highest BCUT2D eigenvalue weighted by molar-refractivity contribution is 5.81. The summed E-state index contributed by atoms with van der Waals surface area (Å²) in [5, 5.41) is 2.86. The number of amides is 1. The molecular formula is C16H26N2O3. The minimum Gasteiger partial charge on any atom is -0.493 e. The van der Waals surface area contributed by atoms with Crippen molar-refractivity contribution in [3.8, 4) is 11.5 Å². The van der Waals surface area contributed by atoms with Gasteiger partial charge in [-0.15, -0.1) is 0 Å². The van der Waals surface area contributed by atoms with E-state index in [1.54, 1.807) is 7.11 Å². The van der Waals surface area contributed by atoms with E-state index in [0.717, 1.165) is 12.0 Å². The molecule has 1 rings (SSSR count). The summed E-state index contributed by atoms with van der Waals surface area (Å²) in [4.78, 5) is 11.9. The predicted molar refractivity (Wildman–Crippen MR) is 83.4 cm³/mol. The first kappa shape index (κ1) is 17.3. The fraction of sp³-hybridized carbons (Fsp3) is 0.562. The molecule has 1 aromatic carbocycles. The number of ether oxygens (including phenoxy) is 2. The van der Waals surface area contributed by atoms with E-state index in [-0.39, 0.29) is 11.8 Å². The van der Waals surface area contributed by atoms with Crippen molar-refractivity contribution >= 4 is 5.91 Å². The van der Waals surface area contributed by atoms with E-state index in [4.69, 9.17) is 15.2 Å². The van der Waals surface area contributed by atoms with Gasteiger partial charge in [-0.1, -0.05) is 26.3 Å². The van der Waals surface area contributed by atoms with E-state index in [0.29, 0.717) is 24.7 Å². The van der Waals surface area contributed by atoms with Crippen LogP contribution in [0.5, 0.6) is 11.5 Å². The lowest BCUT2D eigenvalue weighted by Gasteiger charge is -2.18. The number of nitrogens with one attached hydrogen (secondary N) is 1. The first-order chi connectivity index (χ1) is 10.0. The Hall–Kier alpha value is -1.75. The average Bonchev–Trinajstić information content (AvgIpc) is 2.52. The van der Waals surface area contributed by atoms with Crippen LogP contribution < -0.4 is 20.5 Å². The van der Waals surface area contributed by atoms with Crippen molar-refractivity contribution in [1.82, 2.24) is 5.32 Å². The van der Waals surface area contributed by atoms with Crippen molar-refractivity contribution in [2.24, 2.45) is 11.7 Å². The van der Waals surface area contributed by atoms with Crippen molar-refractivity contribution in [2.75, 3.05) is 13.7 Å². The van der Waals surface area contributed by atoms with E-state index >= 15 is 0 Å². The number of carbonyl (C=O) groups excluding carboxylic acids is 1. The van der Waals surface area contributed by atoms with Crippen LogP contribution in [-0.2, 0) is 11.3 Å². The normalized spacial score (nSPS) is 13.4. The molecule has 0 radical (unpaired) electrons. The van der Waals surface area contributed by atoms with E-state index < -0.39 is 6.04 Å². The molecule has 0 fully saturated rings. The summed E-state index contributed by atoms with van der Waals surface area (Å²) in [6, 6.07) is 5.14. The molecule has 1 amide bonds. The first-order valence-electron chi connectivity index (χ1n) is 7.36. The van der Waals surface area contributed by atoms with Gasteiger partial charge in [0.2, 0.25) is 5.91 Å². The molecular weight excluding hydrogens is 268 g/mol. The fourth-order valence-corrected chi connectivity index (χ4v) is 1.92. The van der Waals surface area contributed by atoms with Crippen LogP contribution >= 0.6 is 0 Å². The molecule has 0 spiro atoms. The molecule has 3 N–H and O–H groups in total. The Morgan fingerprint density at radius 2 is 2.05 bits per heavy atom. The zero-order chi connectivity index (χ0) is 15.8. The summed E-state index contributed by atoms with van der Waals surface area (Å²) in [5.41, 5.74) is 6.84. The Morgan fingerprint density at radius 1 is 1.33 bits per heavy atom. The van der Waals surface area contributed by atoms with Crippen molar-refractivity contribution in [3.05, 3.63) is 23.8 Å². The molecule has 5 nitrogen and oxygen atoms in total. The summed E-state index contributed by atoms with van der Waals surface area (Å²) >= 11 is 0. The molecule has 21 heavy (non-hydrogen) atoms. The Balaban J connectivity index is 2.65. The molecule has 0 aliphatic heterocycles. The van der Waals surface area contributed by atoms with Gasteiger partial charge in [0, 0.05) is 6.54 Å². The van der Waals surface area contributed by atoms with Crippen molar-refractivity contribution in [3.63, 3.8) is 0 Å². The second-order valence-corrected chi connectivity index (χ2v) is 5.05. The minimum absolute atomic E-state index is 0.128. The summed E-state index contributed by atoms with van der Waals surface area (Å²) in [6.45, 7) is 6.92. The highest BCUT2D eigenvalue weighted by atomic mass is 16.5. The highest BCUT2D eigenvalue weighted by Gasteiger charge is 2.19. The number of benzene rings is 1. The third-order valence-electron chi connectivity index (χ3n) is 3.55. The summed E-state index contributed by atoms with van der Waals surface area (Å²) < 4.78 is 10.7. The maximum atomic E-state index is 11.9. The molecule has 118 valence electrons. The maximum absolute atomic E-state index is 11.9. The zero-order valence-corrected chi connectivity index (χ0v) is 13.3. The van der Waals surface area contributed by atoms with Gasteiger partial charge >= 0.3 is 0 Å². The number of hydrogen-bond acceptors (Lipinski definition) is 4. The minimum atomic E-state index is -0.473. The lowest BCUT2D eigenvalue weighted by atomic mass is 9.99. The molecule has 0 bridgehead atoms.